The summed E-state index contributed by atoms with van der Waals surface area (Å²) in [5, 5.41) is 14.4. The first-order chi connectivity index (χ1) is 11.6. The largest absolute Gasteiger partial charge is 0.462 e. The van der Waals surface area contributed by atoms with Crippen molar-refractivity contribution in [3.05, 3.63) is 58.3 Å². The van der Waals surface area contributed by atoms with Crippen LogP contribution in [-0.4, -0.2) is 27.5 Å². The Balaban J connectivity index is 2.00. The van der Waals surface area contributed by atoms with Gasteiger partial charge in [0.2, 0.25) is 0 Å². The van der Waals surface area contributed by atoms with E-state index in [0.29, 0.717) is 17.2 Å². The van der Waals surface area contributed by atoms with Gasteiger partial charge < -0.3 is 15.0 Å². The van der Waals surface area contributed by atoms with Crippen molar-refractivity contribution in [3.63, 3.8) is 0 Å². The summed E-state index contributed by atoms with van der Waals surface area (Å²) in [5.74, 6) is 0.341. The standard InChI is InChI=1S/C16H14N4O4/c1-2-24-16(21)14-11-5-3-4-6-12(11)18-15(14)19-13-8-7-10(9-17-13)20(22)23/h3-9,18H,2H2,1H3,(H,17,19). The Hall–Kier alpha value is -3.42. The van der Waals surface area contributed by atoms with Crippen molar-refractivity contribution in [2.24, 2.45) is 0 Å². The Morgan fingerprint density at radius 3 is 2.79 bits per heavy atom. The second-order valence-corrected chi connectivity index (χ2v) is 4.92. The number of carbonyl (C=O) groups is 1. The molecule has 0 fully saturated rings. The Bertz CT molecular complexity index is 902. The first-order valence-corrected chi connectivity index (χ1v) is 7.25. The maximum atomic E-state index is 12.3. The van der Waals surface area contributed by atoms with E-state index in [9.17, 15) is 14.9 Å². The van der Waals surface area contributed by atoms with Gasteiger partial charge in [-0.05, 0) is 19.1 Å². The Labute approximate surface area is 136 Å². The maximum absolute atomic E-state index is 12.3. The number of H-pyrrole nitrogens is 1. The van der Waals surface area contributed by atoms with Crippen LogP contribution in [0.5, 0.6) is 0 Å². The number of esters is 1. The summed E-state index contributed by atoms with van der Waals surface area (Å²) in [6, 6.07) is 10.1. The van der Waals surface area contributed by atoms with Crippen molar-refractivity contribution < 1.29 is 14.5 Å². The number of aromatic amines is 1. The van der Waals surface area contributed by atoms with Crippen LogP contribution in [0.2, 0.25) is 0 Å². The SMILES string of the molecule is CCOC(=O)c1c(Nc2ccc([N+](=O)[O-])cn2)[nH]c2ccccc12. The highest BCUT2D eigenvalue weighted by Gasteiger charge is 2.20. The zero-order valence-electron chi connectivity index (χ0n) is 12.8. The minimum Gasteiger partial charge on any atom is -0.462 e. The van der Waals surface area contributed by atoms with Crippen LogP contribution in [-0.2, 0) is 4.74 Å². The number of nitrogens with one attached hydrogen (secondary N) is 2. The summed E-state index contributed by atoms with van der Waals surface area (Å²) in [6.45, 7) is 1.99. The number of benzene rings is 1. The summed E-state index contributed by atoms with van der Waals surface area (Å²) < 4.78 is 5.11. The van der Waals surface area contributed by atoms with Crippen LogP contribution >= 0.6 is 0 Å². The molecule has 8 nitrogen and oxygen atoms in total. The molecule has 0 radical (unpaired) electrons. The van der Waals surface area contributed by atoms with Gasteiger partial charge in [0.15, 0.2) is 0 Å². The molecule has 0 spiro atoms. The summed E-state index contributed by atoms with van der Waals surface area (Å²) in [5.41, 5.74) is 1.03. The van der Waals surface area contributed by atoms with Gasteiger partial charge in [-0.3, -0.25) is 10.1 Å². The van der Waals surface area contributed by atoms with E-state index < -0.39 is 10.9 Å². The smallest absolute Gasteiger partial charge is 0.342 e. The lowest BCUT2D eigenvalue weighted by Gasteiger charge is -2.06. The molecular weight excluding hydrogens is 312 g/mol. The van der Waals surface area contributed by atoms with Gasteiger partial charge in [0.05, 0.1) is 11.5 Å². The van der Waals surface area contributed by atoms with Crippen LogP contribution in [0.4, 0.5) is 17.3 Å². The van der Waals surface area contributed by atoms with Crippen molar-refractivity contribution in [1.82, 2.24) is 9.97 Å². The number of nitro groups is 1. The van der Waals surface area contributed by atoms with E-state index in [1.807, 2.05) is 24.3 Å². The zero-order chi connectivity index (χ0) is 17.1. The number of fused-ring (bicyclic) bond motifs is 1. The van der Waals surface area contributed by atoms with Gasteiger partial charge in [-0.15, -0.1) is 0 Å². The number of aromatic nitrogens is 2. The van der Waals surface area contributed by atoms with Crippen LogP contribution in [0.1, 0.15) is 17.3 Å². The Morgan fingerprint density at radius 1 is 1.33 bits per heavy atom. The fourth-order valence-electron chi connectivity index (χ4n) is 2.35. The van der Waals surface area contributed by atoms with E-state index in [0.717, 1.165) is 17.1 Å². The van der Waals surface area contributed by atoms with Crippen LogP contribution in [0.25, 0.3) is 10.9 Å². The van der Waals surface area contributed by atoms with Gasteiger partial charge in [-0.1, -0.05) is 18.2 Å². The van der Waals surface area contributed by atoms with E-state index >= 15 is 0 Å². The van der Waals surface area contributed by atoms with Crippen molar-refractivity contribution in [3.8, 4) is 0 Å². The fraction of sp³-hybridized carbons (Fsp3) is 0.125. The van der Waals surface area contributed by atoms with Crippen LogP contribution in [0.15, 0.2) is 42.6 Å². The van der Waals surface area contributed by atoms with Crippen molar-refractivity contribution in [2.45, 2.75) is 6.92 Å². The Kier molecular flexibility index (Phi) is 4.11. The minimum absolute atomic E-state index is 0.109. The molecule has 0 saturated carbocycles. The molecule has 8 heteroatoms. The van der Waals surface area contributed by atoms with Gasteiger partial charge in [-0.2, -0.15) is 0 Å². The third-order valence-corrected chi connectivity index (χ3v) is 3.40. The molecule has 122 valence electrons. The molecule has 0 unspecified atom stereocenters. The van der Waals surface area contributed by atoms with E-state index in [2.05, 4.69) is 15.3 Å². The van der Waals surface area contributed by atoms with E-state index in [1.54, 1.807) is 6.92 Å². The van der Waals surface area contributed by atoms with E-state index in [-0.39, 0.29) is 12.3 Å². The second-order valence-electron chi connectivity index (χ2n) is 4.92. The van der Waals surface area contributed by atoms with Crippen molar-refractivity contribution >= 4 is 34.2 Å². The predicted molar refractivity (Wildman–Crippen MR) is 88.4 cm³/mol. The highest BCUT2D eigenvalue weighted by atomic mass is 16.6. The number of hydrogen-bond donors (Lipinski definition) is 2. The molecule has 0 aliphatic carbocycles. The molecule has 0 bridgehead atoms. The zero-order valence-corrected chi connectivity index (χ0v) is 12.8. The van der Waals surface area contributed by atoms with Gasteiger partial charge in [0, 0.05) is 17.0 Å². The number of rotatable bonds is 5. The van der Waals surface area contributed by atoms with Crippen LogP contribution < -0.4 is 5.32 Å². The molecule has 2 heterocycles. The molecule has 0 aliphatic heterocycles. The molecule has 0 atom stereocenters. The van der Waals surface area contributed by atoms with E-state index in [4.69, 9.17) is 4.74 Å². The highest BCUT2D eigenvalue weighted by molar-refractivity contribution is 6.09. The average molecular weight is 326 g/mol. The van der Waals surface area contributed by atoms with Crippen molar-refractivity contribution in [1.29, 1.82) is 0 Å². The molecule has 0 aliphatic rings. The topological polar surface area (TPSA) is 110 Å². The van der Waals surface area contributed by atoms with Gasteiger partial charge in [-0.25, -0.2) is 9.78 Å². The number of hydrogen-bond acceptors (Lipinski definition) is 6. The molecule has 2 aromatic heterocycles. The predicted octanol–water partition coefficient (Wildman–Crippen LogP) is 3.39. The third kappa shape index (κ3) is 2.89. The summed E-state index contributed by atoms with van der Waals surface area (Å²) in [7, 11) is 0. The maximum Gasteiger partial charge on any atom is 0.342 e. The summed E-state index contributed by atoms with van der Waals surface area (Å²) in [4.78, 5) is 29.5. The molecule has 0 amide bonds. The number of nitrogens with zero attached hydrogens (tertiary/aromatic N) is 2. The third-order valence-electron chi connectivity index (χ3n) is 3.40. The summed E-state index contributed by atoms with van der Waals surface area (Å²) in [6.07, 6.45) is 1.15. The fourth-order valence-corrected chi connectivity index (χ4v) is 2.35. The first kappa shape index (κ1) is 15.5. The molecule has 24 heavy (non-hydrogen) atoms. The molecule has 1 aromatic carbocycles. The minimum atomic E-state index is -0.524. The number of ether oxygens (including phenoxy) is 1. The molecular formula is C16H14N4O4. The normalized spacial score (nSPS) is 10.5. The van der Waals surface area contributed by atoms with E-state index in [1.165, 1.54) is 12.1 Å². The summed E-state index contributed by atoms with van der Waals surface area (Å²) >= 11 is 0. The number of carbonyl (C=O) groups excluding carboxylic acids is 1. The number of para-hydroxylation sites is 1. The lowest BCUT2D eigenvalue weighted by atomic mass is 10.1. The molecule has 3 aromatic rings. The average Bonchev–Trinajstić information content (AvgIpc) is 2.93. The van der Waals surface area contributed by atoms with Crippen molar-refractivity contribution in [2.75, 3.05) is 11.9 Å². The first-order valence-electron chi connectivity index (χ1n) is 7.25. The monoisotopic (exact) mass is 326 g/mol. The number of pyridine rings is 1. The quantitative estimate of drug-likeness (QED) is 0.422. The lowest BCUT2D eigenvalue weighted by Crippen LogP contribution is -2.07. The van der Waals surface area contributed by atoms with Gasteiger partial charge >= 0.3 is 5.97 Å². The van der Waals surface area contributed by atoms with Crippen LogP contribution in [0.3, 0.4) is 0 Å². The lowest BCUT2D eigenvalue weighted by molar-refractivity contribution is -0.385. The number of anilines is 2. The van der Waals surface area contributed by atoms with Gasteiger partial charge in [0.25, 0.3) is 5.69 Å². The molecule has 2 N–H and O–H groups in total. The van der Waals surface area contributed by atoms with Crippen LogP contribution in [0, 0.1) is 10.1 Å². The Morgan fingerprint density at radius 2 is 2.12 bits per heavy atom. The second kappa shape index (κ2) is 6.37. The highest BCUT2D eigenvalue weighted by Crippen LogP contribution is 2.29. The van der Waals surface area contributed by atoms with Gasteiger partial charge in [0.1, 0.15) is 23.4 Å². The molecule has 3 rings (SSSR count). The molecule has 0 saturated heterocycles.